The minimum atomic E-state index is -0.475. The summed E-state index contributed by atoms with van der Waals surface area (Å²) in [5.41, 5.74) is 0. The van der Waals surface area contributed by atoms with Gasteiger partial charge in [0.15, 0.2) is 0 Å². The van der Waals surface area contributed by atoms with Gasteiger partial charge in [-0.1, -0.05) is 6.92 Å². The molecule has 5 atom stereocenters. The van der Waals surface area contributed by atoms with Crippen LogP contribution >= 0.6 is 8.98 Å². The molecule has 1 saturated heterocycles. The van der Waals surface area contributed by atoms with Crippen molar-refractivity contribution in [3.8, 4) is 0 Å². The van der Waals surface area contributed by atoms with E-state index in [1.807, 2.05) is 20.8 Å². The number of hydrogen-bond donors (Lipinski definition) is 1. The van der Waals surface area contributed by atoms with E-state index in [9.17, 15) is 5.11 Å². The maximum atomic E-state index is 9.85. The Morgan fingerprint density at radius 1 is 1.42 bits per heavy atom. The zero-order valence-corrected chi connectivity index (χ0v) is 8.53. The van der Waals surface area contributed by atoms with Gasteiger partial charge in [-0.05, 0) is 22.8 Å². The highest BCUT2D eigenvalue weighted by molar-refractivity contribution is 7.04. The van der Waals surface area contributed by atoms with Crippen molar-refractivity contribution >= 4 is 8.98 Å². The van der Waals surface area contributed by atoms with Crippen LogP contribution in [-0.2, 0) is 4.74 Å². The average Bonchev–Trinajstić information content (AvgIpc) is 2.09. The first-order valence-corrected chi connectivity index (χ1v) is 4.65. The molecule has 0 aliphatic carbocycles. The van der Waals surface area contributed by atoms with Crippen LogP contribution < -0.4 is 0 Å². The van der Waals surface area contributed by atoms with Crippen LogP contribution in [0.25, 0.3) is 0 Å². The number of hydrogen-bond acceptors (Lipinski definition) is 3. The highest BCUT2D eigenvalue weighted by Gasteiger charge is 2.38. The molecule has 12 heavy (non-hydrogen) atoms. The fraction of sp³-hybridized carbons (Fsp3) is 1.00. The first-order valence-electron chi connectivity index (χ1n) is 4.70. The molecule has 0 aromatic rings. The summed E-state index contributed by atoms with van der Waals surface area (Å²) in [5.74, 6) is 0.0895. The van der Waals surface area contributed by atoms with Crippen LogP contribution in [-0.4, -0.2) is 30.7 Å². The van der Waals surface area contributed by atoms with Crippen LogP contribution in [0.1, 0.15) is 20.8 Å². The molecule has 0 aromatic heterocycles. The molecule has 0 saturated carbocycles. The zero-order chi connectivity index (χ0) is 10.0. The molecule has 0 spiro atoms. The smallest absolute Gasteiger partial charge is 0.114 e. The fourth-order valence-corrected chi connectivity index (χ4v) is 1.90. The Bertz CT molecular complexity index is 203. The molecule has 5 unspecified atom stereocenters. The third kappa shape index (κ3) is 1.68. The molecule has 1 N–H and O–H groups in total. The van der Waals surface area contributed by atoms with Crippen molar-refractivity contribution in [1.29, 1.82) is 1.28 Å². The summed E-state index contributed by atoms with van der Waals surface area (Å²) in [6, 6.07) is -0.245. The van der Waals surface area contributed by atoms with Gasteiger partial charge in [-0.2, -0.15) is 0 Å². The largest absolute Gasteiger partial charge is 0.390 e. The Hall–Kier alpha value is 0.0200. The van der Waals surface area contributed by atoms with E-state index in [2.05, 4.69) is 4.74 Å². The van der Waals surface area contributed by atoms with E-state index in [1.54, 1.807) is 0 Å². The first-order chi connectivity index (χ1) is 6.07. The van der Waals surface area contributed by atoms with E-state index in [-0.39, 0.29) is 33.1 Å². The van der Waals surface area contributed by atoms with Gasteiger partial charge in [-0.25, -0.2) is 0 Å². The van der Waals surface area contributed by atoms with Crippen LogP contribution in [0.4, 0.5) is 0 Å². The molecule has 3 nitrogen and oxygen atoms in total. The molecule has 1 aliphatic heterocycles. The number of nitrogens with zero attached hydrogens (tertiary/aromatic N) is 1. The summed E-state index contributed by atoms with van der Waals surface area (Å²) in [6.07, 6.45) is -0.491. The molecule has 1 fully saturated rings. The van der Waals surface area contributed by atoms with Crippen LogP contribution in [0, 0.1) is 5.92 Å². The van der Waals surface area contributed by atoms with Crippen LogP contribution in [0.5, 0.6) is 0 Å². The van der Waals surface area contributed by atoms with Crippen molar-refractivity contribution in [2.24, 2.45) is 10.7 Å². The number of aliphatic hydroxyl groups is 1. The van der Waals surface area contributed by atoms with E-state index in [1.165, 1.54) is 0 Å². The summed E-state index contributed by atoms with van der Waals surface area (Å²) in [6.45, 7) is 5.80. The Kier molecular flexibility index (Phi) is 2.74. The Labute approximate surface area is 76.7 Å². The van der Waals surface area contributed by atoms with Crippen LogP contribution in [0.3, 0.4) is 0 Å². The van der Waals surface area contributed by atoms with E-state index in [4.69, 9.17) is 6.02 Å². The molecule has 0 radical (unpaired) electrons. The predicted molar refractivity (Wildman–Crippen MR) is 49.7 cm³/mol. The molecule has 70 valence electrons. The van der Waals surface area contributed by atoms with Gasteiger partial charge in [0.25, 0.3) is 0 Å². The van der Waals surface area contributed by atoms with Crippen molar-refractivity contribution in [2.75, 3.05) is 0 Å². The molecular weight excluding hydrogens is 173 g/mol. The van der Waals surface area contributed by atoms with Gasteiger partial charge in [-0.15, -0.1) is 0 Å². The van der Waals surface area contributed by atoms with E-state index in [0.717, 1.165) is 0 Å². The first kappa shape index (κ1) is 8.61. The number of aliphatic hydroxyl groups excluding tert-OH is 1. The van der Waals surface area contributed by atoms with Crippen LogP contribution in [0.2, 0.25) is 0 Å². The van der Waals surface area contributed by atoms with Crippen molar-refractivity contribution in [3.05, 3.63) is 0 Å². The van der Waals surface area contributed by atoms with E-state index >= 15 is 0 Å². The molecule has 1 heterocycles. The number of ether oxygens (including phenoxy) is 1. The monoisotopic (exact) mass is 191 g/mol. The van der Waals surface area contributed by atoms with Crippen molar-refractivity contribution in [2.45, 2.75) is 45.1 Å². The van der Waals surface area contributed by atoms with E-state index < -0.39 is 6.10 Å². The fourth-order valence-electron chi connectivity index (χ4n) is 1.57. The van der Waals surface area contributed by atoms with Crippen LogP contribution in [0.15, 0.2) is 4.74 Å². The third-order valence-corrected chi connectivity index (χ3v) is 2.94. The maximum absolute atomic E-state index is 9.85. The average molecular weight is 191 g/mol. The summed E-state index contributed by atoms with van der Waals surface area (Å²) in [7, 11) is 0.216. The lowest BCUT2D eigenvalue weighted by atomic mass is 9.88. The summed E-state index contributed by atoms with van der Waals surface area (Å²) in [5, 5.41) is 9.85. The Morgan fingerprint density at radius 3 is 2.67 bits per heavy atom. The summed E-state index contributed by atoms with van der Waals surface area (Å²) >= 11 is 0. The molecule has 4 heteroatoms. The second kappa shape index (κ2) is 3.82. The molecule has 0 bridgehead atoms. The standard InChI is InChI=1S/C8H16NO2P/c1-4-5(2)11-6(3)7(9-12)8(4)10/h4-8,10,12H,1-3H3/i12T. The normalized spacial score (nSPS) is 51.0. The SMILES string of the molecule is [3H]P=NC1C(C)OC(C)C(C)C1O. The second-order valence-electron chi connectivity index (χ2n) is 3.50. The quantitative estimate of drug-likeness (QED) is 0.638. The third-order valence-electron chi connectivity index (χ3n) is 2.67. The molecule has 0 aromatic carbocycles. The van der Waals surface area contributed by atoms with Gasteiger partial charge in [-0.3, -0.25) is 4.74 Å². The van der Waals surface area contributed by atoms with Gasteiger partial charge >= 0.3 is 0 Å². The predicted octanol–water partition coefficient (Wildman–Crippen LogP) is 1.49. The van der Waals surface area contributed by atoms with Gasteiger partial charge in [0.1, 0.15) is 7.32 Å². The van der Waals surface area contributed by atoms with Crippen molar-refractivity contribution in [3.63, 3.8) is 0 Å². The lowest BCUT2D eigenvalue weighted by molar-refractivity contribution is -0.127. The summed E-state index contributed by atoms with van der Waals surface area (Å²) < 4.78 is 16.6. The minimum Gasteiger partial charge on any atom is -0.390 e. The van der Waals surface area contributed by atoms with Gasteiger partial charge in [0, 0.05) is 5.92 Å². The van der Waals surface area contributed by atoms with Crippen molar-refractivity contribution in [1.82, 2.24) is 0 Å². The highest BCUT2D eigenvalue weighted by Crippen LogP contribution is 2.27. The minimum absolute atomic E-state index is 0.0684. The Morgan fingerprint density at radius 2 is 2.08 bits per heavy atom. The van der Waals surface area contributed by atoms with Gasteiger partial charge in [0.05, 0.1) is 18.3 Å². The Balaban J connectivity index is 2.73. The van der Waals surface area contributed by atoms with Crippen molar-refractivity contribution < 1.29 is 9.84 Å². The lowest BCUT2D eigenvalue weighted by Gasteiger charge is -2.39. The lowest BCUT2D eigenvalue weighted by Crippen LogP contribution is -2.50. The van der Waals surface area contributed by atoms with E-state index in [0.29, 0.717) is 0 Å². The topological polar surface area (TPSA) is 41.8 Å². The zero-order valence-electron chi connectivity index (χ0n) is 8.64. The second-order valence-corrected chi connectivity index (χ2v) is 3.73. The highest BCUT2D eigenvalue weighted by atomic mass is 31.0. The maximum Gasteiger partial charge on any atom is 0.114 e. The summed E-state index contributed by atoms with van der Waals surface area (Å²) in [4.78, 5) is 0. The molecule has 1 aliphatic rings. The molecular formula is C8H16NO2P. The molecule has 0 amide bonds. The number of rotatable bonds is 1. The molecule has 1 rings (SSSR count). The van der Waals surface area contributed by atoms with Gasteiger partial charge in [0.2, 0.25) is 0 Å². The van der Waals surface area contributed by atoms with Gasteiger partial charge < -0.3 is 9.84 Å².